The van der Waals surface area contributed by atoms with E-state index in [2.05, 4.69) is 41.4 Å². The van der Waals surface area contributed by atoms with Crippen molar-refractivity contribution in [3.63, 3.8) is 0 Å². The Morgan fingerprint density at radius 3 is 2.21 bits per heavy atom. The van der Waals surface area contributed by atoms with Crippen LogP contribution in [0.5, 0.6) is 5.75 Å². The summed E-state index contributed by atoms with van der Waals surface area (Å²) in [5.74, 6) is 2.13. The molecule has 0 fully saturated rings. The van der Waals surface area contributed by atoms with E-state index in [9.17, 15) is 0 Å². The first-order chi connectivity index (χ1) is 16.3. The maximum absolute atomic E-state index is 5.97. The molecule has 0 spiro atoms. The van der Waals surface area contributed by atoms with E-state index < -0.39 is 0 Å². The minimum absolute atomic E-state index is 0.719. The summed E-state index contributed by atoms with van der Waals surface area (Å²) in [5.41, 5.74) is 6.72. The zero-order valence-corrected chi connectivity index (χ0v) is 21.3. The summed E-state index contributed by atoms with van der Waals surface area (Å²) in [6, 6.07) is 8.55. The second kappa shape index (κ2) is 18.8. The molecule has 2 rings (SSSR count). The normalized spacial score (nSPS) is 13.5. The van der Waals surface area contributed by atoms with Crippen molar-refractivity contribution in [2.24, 2.45) is 10.7 Å². The minimum atomic E-state index is 0.719. The average Bonchev–Trinajstić information content (AvgIpc) is 3.31. The molecule has 1 aromatic carbocycles. The van der Waals surface area contributed by atoms with Crippen LogP contribution in [-0.2, 0) is 0 Å². The van der Waals surface area contributed by atoms with Gasteiger partial charge in [-0.2, -0.15) is 0 Å². The van der Waals surface area contributed by atoms with Gasteiger partial charge in [-0.25, -0.2) is 0 Å². The third kappa shape index (κ3) is 12.4. The minimum Gasteiger partial charge on any atom is -0.494 e. The number of rotatable bonds is 21. The van der Waals surface area contributed by atoms with Gasteiger partial charge in [0, 0.05) is 31.7 Å². The SMILES string of the molecule is CCCCCCCCCCCCOc1ccc(C2=NCCN2CCCCCNCCN)cc1. The maximum atomic E-state index is 5.97. The van der Waals surface area contributed by atoms with Crippen LogP contribution < -0.4 is 15.8 Å². The van der Waals surface area contributed by atoms with Gasteiger partial charge in [0.05, 0.1) is 13.2 Å². The topological polar surface area (TPSA) is 62.9 Å². The molecule has 5 heteroatoms. The van der Waals surface area contributed by atoms with Gasteiger partial charge in [-0.1, -0.05) is 71.1 Å². The van der Waals surface area contributed by atoms with Crippen molar-refractivity contribution in [2.45, 2.75) is 90.4 Å². The second-order valence-electron chi connectivity index (χ2n) is 9.35. The van der Waals surface area contributed by atoms with Crippen LogP contribution in [0.2, 0.25) is 0 Å². The molecule has 0 radical (unpaired) electrons. The van der Waals surface area contributed by atoms with E-state index in [0.717, 1.165) is 63.9 Å². The van der Waals surface area contributed by atoms with Crippen molar-refractivity contribution in [1.82, 2.24) is 10.2 Å². The number of amidine groups is 1. The van der Waals surface area contributed by atoms with E-state index in [-0.39, 0.29) is 0 Å². The highest BCUT2D eigenvalue weighted by Crippen LogP contribution is 2.18. The Hall–Kier alpha value is -1.59. The van der Waals surface area contributed by atoms with E-state index in [1.807, 2.05) is 0 Å². The Bertz CT molecular complexity index is 617. The molecule has 0 saturated heterocycles. The smallest absolute Gasteiger partial charge is 0.131 e. The van der Waals surface area contributed by atoms with Crippen LogP contribution in [-0.4, -0.2) is 56.6 Å². The highest BCUT2D eigenvalue weighted by molar-refractivity contribution is 5.99. The first-order valence-electron chi connectivity index (χ1n) is 13.8. The summed E-state index contributed by atoms with van der Waals surface area (Å²) in [4.78, 5) is 7.20. The van der Waals surface area contributed by atoms with E-state index in [1.54, 1.807) is 0 Å². The lowest BCUT2D eigenvalue weighted by molar-refractivity contribution is 0.304. The summed E-state index contributed by atoms with van der Waals surface area (Å²) in [6.07, 6.45) is 17.2. The van der Waals surface area contributed by atoms with Crippen molar-refractivity contribution in [1.29, 1.82) is 0 Å². The summed E-state index contributed by atoms with van der Waals surface area (Å²) < 4.78 is 5.97. The summed E-state index contributed by atoms with van der Waals surface area (Å²) in [5, 5.41) is 3.37. The monoisotopic (exact) mass is 458 g/mol. The van der Waals surface area contributed by atoms with Crippen LogP contribution in [0.25, 0.3) is 0 Å². The number of benzene rings is 1. The van der Waals surface area contributed by atoms with Gasteiger partial charge in [0.2, 0.25) is 0 Å². The van der Waals surface area contributed by atoms with E-state index in [1.165, 1.54) is 82.6 Å². The van der Waals surface area contributed by atoms with Crippen molar-refractivity contribution < 1.29 is 4.74 Å². The van der Waals surface area contributed by atoms with Gasteiger partial charge >= 0.3 is 0 Å². The third-order valence-electron chi connectivity index (χ3n) is 6.41. The molecule has 1 aromatic rings. The second-order valence-corrected chi connectivity index (χ2v) is 9.35. The number of nitrogens with two attached hydrogens (primary N) is 1. The van der Waals surface area contributed by atoms with E-state index in [4.69, 9.17) is 15.5 Å². The Morgan fingerprint density at radius 2 is 1.52 bits per heavy atom. The number of unbranched alkanes of at least 4 members (excludes halogenated alkanes) is 11. The summed E-state index contributed by atoms with van der Waals surface area (Å²) in [6.45, 7) is 8.85. The predicted octanol–water partition coefficient (Wildman–Crippen LogP) is 5.77. The summed E-state index contributed by atoms with van der Waals surface area (Å²) >= 11 is 0. The fourth-order valence-electron chi connectivity index (χ4n) is 4.41. The molecule has 0 atom stereocenters. The zero-order chi connectivity index (χ0) is 23.4. The Morgan fingerprint density at radius 1 is 0.848 bits per heavy atom. The molecule has 0 aromatic heterocycles. The van der Waals surface area contributed by atoms with Gasteiger partial charge < -0.3 is 20.7 Å². The van der Waals surface area contributed by atoms with Gasteiger partial charge in [-0.3, -0.25) is 4.99 Å². The quantitative estimate of drug-likeness (QED) is 0.230. The average molecular weight is 459 g/mol. The van der Waals surface area contributed by atoms with Crippen LogP contribution in [0.3, 0.4) is 0 Å². The molecule has 188 valence electrons. The van der Waals surface area contributed by atoms with Crippen molar-refractivity contribution in [3.05, 3.63) is 29.8 Å². The molecular formula is C28H50N4O. The first-order valence-corrected chi connectivity index (χ1v) is 13.8. The standard InChI is InChI=1S/C28H50N4O/c1-2-3-4-5-6-7-8-9-10-14-25-33-27-17-15-26(16-18-27)28-31-22-24-32(28)23-13-11-12-20-30-21-19-29/h15-18,30H,2-14,19-25,29H2,1H3. The Labute approximate surface area is 203 Å². The van der Waals surface area contributed by atoms with E-state index >= 15 is 0 Å². The highest BCUT2D eigenvalue weighted by atomic mass is 16.5. The van der Waals surface area contributed by atoms with Crippen molar-refractivity contribution in [2.75, 3.05) is 45.9 Å². The van der Waals surface area contributed by atoms with Gasteiger partial charge in [-0.15, -0.1) is 0 Å². The lowest BCUT2D eigenvalue weighted by Gasteiger charge is -2.20. The fourth-order valence-corrected chi connectivity index (χ4v) is 4.41. The molecule has 1 aliphatic heterocycles. The lowest BCUT2D eigenvalue weighted by atomic mass is 10.1. The number of aliphatic imine (C=N–C) groups is 1. The number of hydrogen-bond acceptors (Lipinski definition) is 5. The van der Waals surface area contributed by atoms with Gasteiger partial charge in [0.15, 0.2) is 0 Å². The Kier molecular flexibility index (Phi) is 15.7. The number of nitrogens with one attached hydrogen (secondary N) is 1. The molecule has 0 amide bonds. The molecule has 1 aliphatic rings. The zero-order valence-electron chi connectivity index (χ0n) is 21.3. The highest BCUT2D eigenvalue weighted by Gasteiger charge is 2.18. The molecule has 5 nitrogen and oxygen atoms in total. The predicted molar refractivity (Wildman–Crippen MR) is 143 cm³/mol. The molecular weight excluding hydrogens is 408 g/mol. The van der Waals surface area contributed by atoms with Crippen LogP contribution in [0.1, 0.15) is 96.0 Å². The fraction of sp³-hybridized carbons (Fsp3) is 0.750. The van der Waals surface area contributed by atoms with Crippen molar-refractivity contribution in [3.8, 4) is 5.75 Å². The third-order valence-corrected chi connectivity index (χ3v) is 6.41. The Balaban J connectivity index is 1.54. The molecule has 33 heavy (non-hydrogen) atoms. The number of hydrogen-bond donors (Lipinski definition) is 2. The van der Waals surface area contributed by atoms with E-state index in [0.29, 0.717) is 0 Å². The van der Waals surface area contributed by atoms with Gasteiger partial charge in [-0.05, 0) is 50.1 Å². The number of nitrogens with zero attached hydrogens (tertiary/aromatic N) is 2. The molecule has 0 saturated carbocycles. The lowest BCUT2D eigenvalue weighted by Crippen LogP contribution is -2.29. The first kappa shape index (κ1) is 27.7. The molecule has 0 bridgehead atoms. The summed E-state index contributed by atoms with van der Waals surface area (Å²) in [7, 11) is 0. The van der Waals surface area contributed by atoms with Crippen LogP contribution in [0.4, 0.5) is 0 Å². The molecule has 3 N–H and O–H groups in total. The maximum Gasteiger partial charge on any atom is 0.131 e. The van der Waals surface area contributed by atoms with Gasteiger partial charge in [0.25, 0.3) is 0 Å². The molecule has 0 aliphatic carbocycles. The van der Waals surface area contributed by atoms with Crippen LogP contribution >= 0.6 is 0 Å². The van der Waals surface area contributed by atoms with Gasteiger partial charge in [0.1, 0.15) is 11.6 Å². The number of ether oxygens (including phenoxy) is 1. The van der Waals surface area contributed by atoms with Crippen LogP contribution in [0, 0.1) is 0 Å². The van der Waals surface area contributed by atoms with Crippen molar-refractivity contribution >= 4 is 5.84 Å². The largest absolute Gasteiger partial charge is 0.494 e. The van der Waals surface area contributed by atoms with Crippen LogP contribution in [0.15, 0.2) is 29.3 Å². The molecule has 1 heterocycles. The molecule has 0 unspecified atom stereocenters.